The number of aromatic nitrogens is 1. The number of urea groups is 1. The van der Waals surface area contributed by atoms with E-state index in [1.165, 1.54) is 6.20 Å². The zero-order valence-electron chi connectivity index (χ0n) is 8.97. The van der Waals surface area contributed by atoms with Crippen molar-refractivity contribution in [2.45, 2.75) is 20.4 Å². The predicted molar refractivity (Wildman–Crippen MR) is 59.3 cm³/mol. The molecule has 1 heterocycles. The molecule has 0 aliphatic heterocycles. The maximum Gasteiger partial charge on any atom is 0.343 e. The van der Waals surface area contributed by atoms with E-state index in [2.05, 4.69) is 10.3 Å². The molecule has 16 heavy (non-hydrogen) atoms. The quantitative estimate of drug-likeness (QED) is 0.637. The van der Waals surface area contributed by atoms with Crippen molar-refractivity contribution in [2.24, 2.45) is 4.99 Å². The van der Waals surface area contributed by atoms with Crippen LogP contribution in [0.4, 0.5) is 9.80 Å². The summed E-state index contributed by atoms with van der Waals surface area (Å²) >= 11 is 0.883. The fourth-order valence-corrected chi connectivity index (χ4v) is 1.91. The lowest BCUT2D eigenvalue weighted by atomic mass is 10.7. The van der Waals surface area contributed by atoms with Crippen LogP contribution in [0.25, 0.3) is 0 Å². The standard InChI is InChI=1S/C8H12N4O3S/c1-3-9-7(13)10-8-11(4-2)5-6(16-8)12(14)15/h5H,3-4H2,1-2H3,(H,9,13)/b10-8-. The van der Waals surface area contributed by atoms with Gasteiger partial charge in [0.25, 0.3) is 0 Å². The van der Waals surface area contributed by atoms with Crippen molar-refractivity contribution in [2.75, 3.05) is 6.54 Å². The number of nitro groups is 1. The second-order valence-electron chi connectivity index (χ2n) is 2.84. The summed E-state index contributed by atoms with van der Waals surface area (Å²) in [6.07, 6.45) is 1.38. The number of carbonyl (C=O) groups is 1. The van der Waals surface area contributed by atoms with Crippen LogP contribution in [-0.4, -0.2) is 22.1 Å². The Morgan fingerprint density at radius 2 is 2.38 bits per heavy atom. The summed E-state index contributed by atoms with van der Waals surface area (Å²) in [5.74, 6) is 0. The largest absolute Gasteiger partial charge is 0.343 e. The molecule has 0 unspecified atom stereocenters. The molecule has 1 rings (SSSR count). The molecule has 0 fully saturated rings. The van der Waals surface area contributed by atoms with Gasteiger partial charge in [0.2, 0.25) is 4.80 Å². The van der Waals surface area contributed by atoms with E-state index in [1.54, 1.807) is 11.5 Å². The molecule has 8 heteroatoms. The molecule has 1 aromatic heterocycles. The fourth-order valence-electron chi connectivity index (χ4n) is 1.04. The molecule has 0 radical (unpaired) electrons. The first-order valence-electron chi connectivity index (χ1n) is 4.75. The molecule has 1 aromatic rings. The number of hydrogen-bond donors (Lipinski definition) is 1. The topological polar surface area (TPSA) is 89.5 Å². The minimum absolute atomic E-state index is 0.0232. The van der Waals surface area contributed by atoms with E-state index in [1.807, 2.05) is 6.92 Å². The van der Waals surface area contributed by atoms with E-state index in [-0.39, 0.29) is 5.00 Å². The van der Waals surface area contributed by atoms with E-state index < -0.39 is 11.0 Å². The zero-order chi connectivity index (χ0) is 12.1. The lowest BCUT2D eigenvalue weighted by molar-refractivity contribution is -0.380. The molecule has 88 valence electrons. The van der Waals surface area contributed by atoms with Crippen LogP contribution in [0.5, 0.6) is 0 Å². The Labute approximate surface area is 95.6 Å². The predicted octanol–water partition coefficient (Wildman–Crippen LogP) is 1.11. The molecule has 0 atom stereocenters. The summed E-state index contributed by atoms with van der Waals surface area (Å²) in [5, 5.41) is 13.0. The summed E-state index contributed by atoms with van der Waals surface area (Å²) in [6.45, 7) is 4.61. The summed E-state index contributed by atoms with van der Waals surface area (Å²) < 4.78 is 1.57. The maximum absolute atomic E-state index is 11.2. The molecule has 0 spiro atoms. The zero-order valence-corrected chi connectivity index (χ0v) is 9.78. The van der Waals surface area contributed by atoms with Gasteiger partial charge in [0, 0.05) is 13.1 Å². The molecule has 0 aliphatic rings. The van der Waals surface area contributed by atoms with Gasteiger partial charge in [-0.25, -0.2) is 4.79 Å². The fraction of sp³-hybridized carbons (Fsp3) is 0.500. The SMILES string of the molecule is CCNC(=O)/N=c1\sc([N+](=O)[O-])cn1CC. The summed E-state index contributed by atoms with van der Waals surface area (Å²) in [5.41, 5.74) is 0. The maximum atomic E-state index is 11.2. The van der Waals surface area contributed by atoms with Crippen LogP contribution >= 0.6 is 11.3 Å². The van der Waals surface area contributed by atoms with Gasteiger partial charge in [-0.3, -0.25) is 10.1 Å². The van der Waals surface area contributed by atoms with Crippen LogP contribution in [-0.2, 0) is 6.54 Å². The van der Waals surface area contributed by atoms with Crippen LogP contribution in [0.2, 0.25) is 0 Å². The summed E-state index contributed by atoms with van der Waals surface area (Å²) in [7, 11) is 0. The third-order valence-corrected chi connectivity index (χ3v) is 2.73. The van der Waals surface area contributed by atoms with E-state index in [4.69, 9.17) is 0 Å². The third kappa shape index (κ3) is 2.89. The molecular formula is C8H12N4O3S. The van der Waals surface area contributed by atoms with Gasteiger partial charge in [0.1, 0.15) is 0 Å². The van der Waals surface area contributed by atoms with Gasteiger partial charge < -0.3 is 9.88 Å². The number of amides is 2. The van der Waals surface area contributed by atoms with Crippen molar-refractivity contribution in [3.8, 4) is 0 Å². The summed E-state index contributed by atoms with van der Waals surface area (Å²) in [6, 6.07) is -0.485. The van der Waals surface area contributed by atoms with Crippen molar-refractivity contribution in [3.63, 3.8) is 0 Å². The average Bonchev–Trinajstić information content (AvgIpc) is 2.61. The van der Waals surface area contributed by atoms with E-state index in [0.29, 0.717) is 17.9 Å². The van der Waals surface area contributed by atoms with E-state index in [9.17, 15) is 14.9 Å². The first kappa shape index (κ1) is 12.4. The lowest BCUT2D eigenvalue weighted by Crippen LogP contribution is -2.23. The number of aryl methyl sites for hydroxylation is 1. The number of nitrogens with one attached hydrogen (secondary N) is 1. The number of nitrogens with zero attached hydrogens (tertiary/aromatic N) is 3. The molecule has 0 saturated carbocycles. The molecule has 0 aliphatic carbocycles. The van der Waals surface area contributed by atoms with Crippen LogP contribution in [0.1, 0.15) is 13.8 Å². The molecular weight excluding hydrogens is 232 g/mol. The monoisotopic (exact) mass is 244 g/mol. The molecule has 1 N–H and O–H groups in total. The smallest absolute Gasteiger partial charge is 0.336 e. The van der Waals surface area contributed by atoms with Crippen molar-refractivity contribution in [3.05, 3.63) is 21.1 Å². The molecule has 0 saturated heterocycles. The van der Waals surface area contributed by atoms with Gasteiger partial charge in [-0.1, -0.05) is 0 Å². The highest BCUT2D eigenvalue weighted by Gasteiger charge is 2.11. The van der Waals surface area contributed by atoms with Gasteiger partial charge in [-0.15, -0.1) is 0 Å². The van der Waals surface area contributed by atoms with E-state index >= 15 is 0 Å². The Balaban J connectivity index is 3.11. The highest BCUT2D eigenvalue weighted by molar-refractivity contribution is 7.12. The van der Waals surface area contributed by atoms with Gasteiger partial charge in [0.05, 0.1) is 11.1 Å². The molecule has 2 amide bonds. The van der Waals surface area contributed by atoms with Crippen molar-refractivity contribution < 1.29 is 9.72 Å². The number of hydrogen-bond acceptors (Lipinski definition) is 4. The van der Waals surface area contributed by atoms with Crippen LogP contribution in [0, 0.1) is 10.1 Å². The summed E-state index contributed by atoms with van der Waals surface area (Å²) in [4.78, 5) is 25.4. The van der Waals surface area contributed by atoms with Crippen LogP contribution in [0.3, 0.4) is 0 Å². The second-order valence-corrected chi connectivity index (χ2v) is 3.83. The van der Waals surface area contributed by atoms with Crippen LogP contribution in [0.15, 0.2) is 11.2 Å². The first-order valence-corrected chi connectivity index (χ1v) is 5.57. The van der Waals surface area contributed by atoms with Crippen molar-refractivity contribution >= 4 is 22.4 Å². The minimum Gasteiger partial charge on any atom is -0.336 e. The van der Waals surface area contributed by atoms with E-state index in [0.717, 1.165) is 11.3 Å². The van der Waals surface area contributed by atoms with Crippen molar-refractivity contribution in [1.82, 2.24) is 9.88 Å². The first-order chi connectivity index (χ1) is 7.58. The number of thiazole rings is 1. The molecule has 0 bridgehead atoms. The van der Waals surface area contributed by atoms with Gasteiger partial charge in [0.15, 0.2) is 0 Å². The van der Waals surface area contributed by atoms with Gasteiger partial charge in [-0.05, 0) is 25.2 Å². The Hall–Kier alpha value is -1.70. The molecule has 0 aromatic carbocycles. The van der Waals surface area contributed by atoms with Crippen LogP contribution < -0.4 is 10.1 Å². The highest BCUT2D eigenvalue weighted by atomic mass is 32.1. The minimum atomic E-state index is -0.492. The Bertz CT molecular complexity index is 462. The third-order valence-electron chi connectivity index (χ3n) is 1.75. The molecule has 7 nitrogen and oxygen atoms in total. The number of carbonyl (C=O) groups excluding carboxylic acids is 1. The average molecular weight is 244 g/mol. The Morgan fingerprint density at radius 1 is 1.69 bits per heavy atom. The Morgan fingerprint density at radius 3 is 2.88 bits per heavy atom. The highest BCUT2D eigenvalue weighted by Crippen LogP contribution is 2.13. The Kier molecular flexibility index (Phi) is 4.18. The lowest BCUT2D eigenvalue weighted by Gasteiger charge is -1.95. The van der Waals surface area contributed by atoms with Gasteiger partial charge >= 0.3 is 11.0 Å². The second kappa shape index (κ2) is 5.40. The number of rotatable bonds is 3. The van der Waals surface area contributed by atoms with Gasteiger partial charge in [-0.2, -0.15) is 4.99 Å². The normalized spacial score (nSPS) is 11.5. The van der Waals surface area contributed by atoms with Crippen molar-refractivity contribution in [1.29, 1.82) is 0 Å².